The van der Waals surface area contributed by atoms with Crippen molar-refractivity contribution >= 4 is 33.0 Å². The summed E-state index contributed by atoms with van der Waals surface area (Å²) in [4.78, 5) is 22.3. The largest absolute Gasteiger partial charge is 0.351 e. The first-order valence-corrected chi connectivity index (χ1v) is 13.1. The van der Waals surface area contributed by atoms with Gasteiger partial charge >= 0.3 is 0 Å². The minimum absolute atomic E-state index is 0.0625. The molecule has 3 atom stereocenters. The molecule has 0 amide bonds. The van der Waals surface area contributed by atoms with Gasteiger partial charge in [0.1, 0.15) is 11.5 Å². The second kappa shape index (κ2) is 9.44. The Labute approximate surface area is 209 Å². The van der Waals surface area contributed by atoms with Gasteiger partial charge in [0.05, 0.1) is 33.9 Å². The molecule has 0 spiro atoms. The number of fused-ring (bicyclic) bond motifs is 2. The van der Waals surface area contributed by atoms with Crippen molar-refractivity contribution in [1.82, 2.24) is 24.1 Å². The lowest BCUT2D eigenvalue weighted by Crippen LogP contribution is -2.59. The zero-order valence-electron chi connectivity index (χ0n) is 20.7. The van der Waals surface area contributed by atoms with Gasteiger partial charge in [-0.05, 0) is 37.5 Å². The fourth-order valence-electron chi connectivity index (χ4n) is 5.34. The van der Waals surface area contributed by atoms with Gasteiger partial charge in [-0.2, -0.15) is 10.4 Å². The summed E-state index contributed by atoms with van der Waals surface area (Å²) < 4.78 is 4.67. The Morgan fingerprint density at radius 3 is 2.71 bits per heavy atom. The van der Waals surface area contributed by atoms with Crippen LogP contribution in [0.4, 0.5) is 5.82 Å². The Morgan fingerprint density at radius 1 is 1.17 bits per heavy atom. The van der Waals surface area contributed by atoms with Crippen LogP contribution in [0, 0.1) is 11.3 Å². The molecule has 0 N–H and O–H groups in total. The van der Waals surface area contributed by atoms with Gasteiger partial charge < -0.3 is 4.90 Å². The molecule has 1 aliphatic heterocycles. The van der Waals surface area contributed by atoms with Gasteiger partial charge in [-0.15, -0.1) is 11.3 Å². The van der Waals surface area contributed by atoms with Gasteiger partial charge in [0.15, 0.2) is 0 Å². The summed E-state index contributed by atoms with van der Waals surface area (Å²) in [5.74, 6) is 0.816. The van der Waals surface area contributed by atoms with Gasteiger partial charge in [0.25, 0.3) is 5.56 Å². The number of nitrogens with zero attached hydrogens (tertiary/aromatic N) is 7. The van der Waals surface area contributed by atoms with E-state index in [1.165, 1.54) is 10.3 Å². The van der Waals surface area contributed by atoms with Crippen LogP contribution >= 0.6 is 11.3 Å². The minimum Gasteiger partial charge on any atom is -0.351 e. The molecule has 5 rings (SSSR count). The lowest BCUT2D eigenvalue weighted by molar-refractivity contribution is 0.100. The first-order chi connectivity index (χ1) is 16.9. The Kier molecular flexibility index (Phi) is 6.34. The predicted molar refractivity (Wildman–Crippen MR) is 140 cm³/mol. The number of thiazole rings is 1. The van der Waals surface area contributed by atoms with Crippen LogP contribution in [0.25, 0.3) is 15.9 Å². The number of nitriles is 1. The van der Waals surface area contributed by atoms with Gasteiger partial charge in [-0.25, -0.2) is 9.50 Å². The second-order valence-electron chi connectivity index (χ2n) is 9.37. The molecule has 0 radical (unpaired) electrons. The molecule has 1 fully saturated rings. The van der Waals surface area contributed by atoms with E-state index in [2.05, 4.69) is 59.8 Å². The van der Waals surface area contributed by atoms with E-state index in [1.54, 1.807) is 29.0 Å². The third-order valence-electron chi connectivity index (χ3n) is 7.46. The van der Waals surface area contributed by atoms with E-state index in [0.29, 0.717) is 17.4 Å². The van der Waals surface area contributed by atoms with Gasteiger partial charge in [0.2, 0.25) is 0 Å². The van der Waals surface area contributed by atoms with Crippen LogP contribution in [-0.2, 0) is 13.5 Å². The highest BCUT2D eigenvalue weighted by molar-refractivity contribution is 7.16. The number of benzene rings is 1. The van der Waals surface area contributed by atoms with Crippen LogP contribution in [0.15, 0.2) is 40.6 Å². The molecule has 8 nitrogen and oxygen atoms in total. The number of rotatable bonds is 6. The third kappa shape index (κ3) is 4.11. The average Bonchev–Trinajstić information content (AvgIpc) is 3.52. The summed E-state index contributed by atoms with van der Waals surface area (Å²) in [6.07, 6.45) is 2.18. The first-order valence-electron chi connectivity index (χ1n) is 12.3. The molecule has 0 bridgehead atoms. The van der Waals surface area contributed by atoms with Crippen molar-refractivity contribution in [3.8, 4) is 6.07 Å². The second-order valence-corrected chi connectivity index (χ2v) is 10.3. The summed E-state index contributed by atoms with van der Waals surface area (Å²) in [6.45, 7) is 8.46. The summed E-state index contributed by atoms with van der Waals surface area (Å²) in [5, 5.41) is 13.9. The first kappa shape index (κ1) is 23.5. The maximum absolute atomic E-state index is 12.9. The number of hydrogen-bond acceptors (Lipinski definition) is 7. The number of piperazine rings is 1. The molecule has 9 heteroatoms. The highest BCUT2D eigenvalue weighted by Gasteiger charge is 2.36. The zero-order chi connectivity index (χ0) is 24.7. The van der Waals surface area contributed by atoms with Crippen molar-refractivity contribution in [1.29, 1.82) is 5.26 Å². The number of anilines is 1. The van der Waals surface area contributed by atoms with Gasteiger partial charge in [-0.3, -0.25) is 14.3 Å². The predicted octanol–water partition coefficient (Wildman–Crippen LogP) is 4.15. The van der Waals surface area contributed by atoms with Crippen LogP contribution in [0.3, 0.4) is 0 Å². The summed E-state index contributed by atoms with van der Waals surface area (Å²) in [5.41, 5.74) is 5.61. The Balaban J connectivity index is 1.51. The summed E-state index contributed by atoms with van der Waals surface area (Å²) in [7, 11) is 1.75. The maximum Gasteiger partial charge on any atom is 0.255 e. The minimum atomic E-state index is -0.0625. The standard InChI is InChI=1S/C26H31N7OS/c1-5-20-15-32(25-13-26(34)30(4)24-12-19(9-10-27)29-33(24)25)21(6-2)14-31(20)17(3)18-7-8-22-23(11-18)35-16-28-22/h7-8,11-13,16-17,20-21H,5-6,9,14-15H2,1-4H3/t17?,20-,21+/m1/s1. The van der Waals surface area contributed by atoms with Crippen LogP contribution in [0.1, 0.15) is 50.9 Å². The van der Waals surface area contributed by atoms with Crippen LogP contribution in [-0.4, -0.2) is 49.2 Å². The molecule has 182 valence electrons. The molecule has 0 saturated carbocycles. The van der Waals surface area contributed by atoms with Crippen LogP contribution in [0.2, 0.25) is 0 Å². The number of aryl methyl sites for hydroxylation is 1. The highest BCUT2D eigenvalue weighted by Crippen LogP contribution is 2.33. The highest BCUT2D eigenvalue weighted by atomic mass is 32.1. The molecule has 4 heterocycles. The van der Waals surface area contributed by atoms with Crippen molar-refractivity contribution in [2.24, 2.45) is 7.05 Å². The van der Waals surface area contributed by atoms with E-state index in [-0.39, 0.29) is 24.1 Å². The van der Waals surface area contributed by atoms with Crippen LogP contribution in [0.5, 0.6) is 0 Å². The van der Waals surface area contributed by atoms with Gasteiger partial charge in [-0.1, -0.05) is 19.9 Å². The maximum atomic E-state index is 12.9. The van der Waals surface area contributed by atoms with Gasteiger partial charge in [0, 0.05) is 50.4 Å². The molecular weight excluding hydrogens is 458 g/mol. The third-order valence-corrected chi connectivity index (χ3v) is 8.25. The van der Waals surface area contributed by atoms with Crippen LogP contribution < -0.4 is 10.5 Å². The zero-order valence-corrected chi connectivity index (χ0v) is 21.5. The number of aromatic nitrogens is 4. The normalized spacial score (nSPS) is 19.9. The molecule has 35 heavy (non-hydrogen) atoms. The molecule has 0 aliphatic carbocycles. The molecular formula is C26H31N7OS. The van der Waals surface area contributed by atoms with Crippen molar-refractivity contribution < 1.29 is 0 Å². The molecule has 3 aromatic heterocycles. The smallest absolute Gasteiger partial charge is 0.255 e. The summed E-state index contributed by atoms with van der Waals surface area (Å²) >= 11 is 1.68. The van der Waals surface area contributed by atoms with E-state index in [4.69, 9.17) is 10.4 Å². The lowest BCUT2D eigenvalue weighted by Gasteiger charge is -2.49. The summed E-state index contributed by atoms with van der Waals surface area (Å²) in [6, 6.07) is 13.2. The fourth-order valence-corrected chi connectivity index (χ4v) is 6.07. The monoisotopic (exact) mass is 489 g/mol. The van der Waals surface area contributed by atoms with Crippen molar-refractivity contribution in [2.75, 3.05) is 18.0 Å². The molecule has 1 unspecified atom stereocenters. The Bertz CT molecular complexity index is 1460. The lowest BCUT2D eigenvalue weighted by atomic mass is 9.97. The van der Waals surface area contributed by atoms with E-state index >= 15 is 0 Å². The van der Waals surface area contributed by atoms with Crippen molar-refractivity contribution in [2.45, 2.75) is 58.2 Å². The molecule has 1 aliphatic rings. The number of hydrogen-bond donors (Lipinski definition) is 0. The van der Waals surface area contributed by atoms with Crippen molar-refractivity contribution in [3.63, 3.8) is 0 Å². The van der Waals surface area contributed by atoms with E-state index in [9.17, 15) is 4.79 Å². The SMILES string of the molecule is CC[C@H]1CN(C(C)c2ccc3ncsc3c2)[C@H](CC)CN1c1cc(=O)n(C)c2cc(CC#N)nn12. The van der Waals surface area contributed by atoms with E-state index < -0.39 is 0 Å². The fraction of sp³-hybridized carbons (Fsp3) is 0.462. The Morgan fingerprint density at radius 2 is 1.97 bits per heavy atom. The topological polar surface area (TPSA) is 82.5 Å². The average molecular weight is 490 g/mol. The molecule has 1 saturated heterocycles. The quantitative estimate of drug-likeness (QED) is 0.405. The van der Waals surface area contributed by atoms with E-state index in [0.717, 1.165) is 37.3 Å². The molecule has 1 aromatic carbocycles. The molecule has 4 aromatic rings. The van der Waals surface area contributed by atoms with E-state index in [1.807, 2.05) is 16.1 Å². The van der Waals surface area contributed by atoms with Crippen molar-refractivity contribution in [3.05, 3.63) is 57.5 Å². The Hall–Kier alpha value is -3.22.